The Labute approximate surface area is 356 Å². The Morgan fingerprint density at radius 1 is 0.508 bits per heavy atom. The molecule has 2 rings (SSSR count). The second-order valence-corrected chi connectivity index (χ2v) is 17.2. The number of likely N-dealkylation sites (N-methyl/N-ethyl adjacent to an activating group) is 3. The first-order valence-corrected chi connectivity index (χ1v) is 20.1. The average molecular weight is 864 g/mol. The van der Waals surface area contributed by atoms with Gasteiger partial charge in [0.25, 0.3) is 0 Å². The second-order valence-electron chi connectivity index (χ2n) is 17.2. The van der Waals surface area contributed by atoms with E-state index in [-0.39, 0.29) is 19.5 Å². The zero-order chi connectivity index (χ0) is 46.8. The summed E-state index contributed by atoms with van der Waals surface area (Å²) in [5.74, 6) is -7.69. The highest BCUT2D eigenvalue weighted by molar-refractivity contribution is 6.01. The summed E-state index contributed by atoms with van der Waals surface area (Å²) in [5, 5.41) is 16.4. The second kappa shape index (κ2) is 20.6. The van der Waals surface area contributed by atoms with E-state index in [1.165, 1.54) is 68.4 Å². The number of hydrogen-bond acceptors (Lipinski definition) is 11. The first-order valence-electron chi connectivity index (χ1n) is 20.1. The summed E-state index contributed by atoms with van der Waals surface area (Å²) >= 11 is 0. The molecule has 0 aromatic rings. The van der Waals surface area contributed by atoms with E-state index in [2.05, 4.69) is 37.2 Å². The van der Waals surface area contributed by atoms with Crippen molar-refractivity contribution >= 4 is 65.0 Å². The number of fused-ring (bicyclic) bond motifs is 1. The number of hydrogen-bond donors (Lipinski definition) is 7. The Bertz CT molecular complexity index is 1760. The summed E-state index contributed by atoms with van der Waals surface area (Å²) in [6.07, 6.45) is 0.726. The fraction of sp³-hybridized carbons (Fsp3) is 0.718. The largest absolute Gasteiger partial charge is 0.354 e. The first kappa shape index (κ1) is 51.3. The molecule has 0 aromatic heterocycles. The minimum absolute atomic E-state index is 0.187. The van der Waals surface area contributed by atoms with Gasteiger partial charge < -0.3 is 56.8 Å². The molecule has 61 heavy (non-hydrogen) atoms. The van der Waals surface area contributed by atoms with Crippen molar-refractivity contribution in [2.75, 3.05) is 73.5 Å². The Kier molecular flexibility index (Phi) is 17.3. The zero-order valence-corrected chi connectivity index (χ0v) is 37.5. The van der Waals surface area contributed by atoms with Crippen molar-refractivity contribution in [3.8, 4) is 0 Å². The third kappa shape index (κ3) is 12.4. The number of carbonyl (C=O) groups excluding carboxylic acids is 11. The molecule has 2 fully saturated rings. The Morgan fingerprint density at radius 2 is 0.869 bits per heavy atom. The van der Waals surface area contributed by atoms with Gasteiger partial charge in [0.2, 0.25) is 65.0 Å². The van der Waals surface area contributed by atoms with E-state index in [4.69, 9.17) is 0 Å². The minimum atomic E-state index is -1.55. The van der Waals surface area contributed by atoms with E-state index < -0.39 is 138 Å². The van der Waals surface area contributed by atoms with Gasteiger partial charge in [-0.25, -0.2) is 0 Å². The van der Waals surface area contributed by atoms with E-state index >= 15 is 0 Å². The van der Waals surface area contributed by atoms with Crippen molar-refractivity contribution < 1.29 is 52.7 Å². The lowest BCUT2D eigenvalue weighted by atomic mass is 9.79. The van der Waals surface area contributed by atoms with Gasteiger partial charge in [-0.1, -0.05) is 20.3 Å². The van der Waals surface area contributed by atoms with Crippen LogP contribution in [0.1, 0.15) is 75.2 Å². The number of nitrogens with one attached hydrogen (secondary N) is 7. The minimum Gasteiger partial charge on any atom is -0.354 e. The van der Waals surface area contributed by atoms with Gasteiger partial charge in [-0.2, -0.15) is 0 Å². The van der Waals surface area contributed by atoms with Gasteiger partial charge in [-0.15, -0.1) is 0 Å². The molecule has 0 saturated carbocycles. The van der Waals surface area contributed by atoms with E-state index in [0.29, 0.717) is 6.42 Å². The van der Waals surface area contributed by atoms with Crippen molar-refractivity contribution in [1.29, 1.82) is 0 Å². The fourth-order valence-electron chi connectivity index (χ4n) is 6.50. The molecule has 2 aliphatic heterocycles. The monoisotopic (exact) mass is 863 g/mol. The van der Waals surface area contributed by atoms with Crippen LogP contribution in [0.5, 0.6) is 0 Å². The van der Waals surface area contributed by atoms with Gasteiger partial charge in [0.05, 0.1) is 44.7 Å². The smallest absolute Gasteiger partial charge is 0.249 e. The SMILES string of the molecule is CC[C@H](C)C1(C)C(=O)N(C)C(C)(C)C(=O)N2CCC2C(=O)NCC(=O)NCC(=O)NCC(=O)NCC(=O)NCC(=O)NCC(=O)NCC(C)(C)C(=O)N(C)C(C)(C)C(=O)N1C. The first-order chi connectivity index (χ1) is 28.1. The molecule has 22 nitrogen and oxygen atoms in total. The summed E-state index contributed by atoms with van der Waals surface area (Å²) < 4.78 is 0. The van der Waals surface area contributed by atoms with Gasteiger partial charge in [0, 0.05) is 34.2 Å². The molecule has 7 N–H and O–H groups in total. The van der Waals surface area contributed by atoms with Crippen LogP contribution in [-0.2, 0) is 52.7 Å². The van der Waals surface area contributed by atoms with E-state index in [9.17, 15) is 52.7 Å². The molecule has 0 spiro atoms. The summed E-state index contributed by atoms with van der Waals surface area (Å²) in [6.45, 7) is 11.3. The molecule has 0 bridgehead atoms. The zero-order valence-electron chi connectivity index (χ0n) is 37.5. The third-order valence-corrected chi connectivity index (χ3v) is 11.9. The van der Waals surface area contributed by atoms with Gasteiger partial charge in [0.1, 0.15) is 22.7 Å². The van der Waals surface area contributed by atoms with Gasteiger partial charge in [-0.05, 0) is 60.8 Å². The molecule has 0 aliphatic carbocycles. The highest BCUT2D eigenvalue weighted by Crippen LogP contribution is 2.35. The van der Waals surface area contributed by atoms with E-state index in [0.717, 1.165) is 0 Å². The number of amides is 11. The van der Waals surface area contributed by atoms with Crippen molar-refractivity contribution in [3.63, 3.8) is 0 Å². The van der Waals surface area contributed by atoms with Crippen LogP contribution in [0.15, 0.2) is 0 Å². The molecule has 3 atom stereocenters. The normalized spacial score (nSPS) is 25.9. The molecule has 22 heteroatoms. The summed E-state index contributed by atoms with van der Waals surface area (Å²) in [6, 6.07) is -0.955. The van der Waals surface area contributed by atoms with Crippen LogP contribution in [0, 0.1) is 11.3 Å². The molecule has 0 aromatic carbocycles. The fourth-order valence-corrected chi connectivity index (χ4v) is 6.50. The van der Waals surface area contributed by atoms with Gasteiger partial charge in [-0.3, -0.25) is 52.7 Å². The highest BCUT2D eigenvalue weighted by atomic mass is 16.2. The van der Waals surface area contributed by atoms with Crippen LogP contribution >= 0.6 is 0 Å². The molecule has 11 amide bonds. The number of nitrogens with zero attached hydrogens (tertiary/aromatic N) is 4. The predicted molar refractivity (Wildman–Crippen MR) is 219 cm³/mol. The predicted octanol–water partition coefficient (Wildman–Crippen LogP) is -3.82. The standard InChI is InChI=1S/C39H65N11O11/c1-13-23(2)39(9)35(61)48(11)38(7,8)34(60)50-15-14-24(50)31(57)45-21-29(55)43-19-27(53)41-17-25(51)40-16-26(52)42-18-28(54)44-20-30(56)46-22-36(3,4)32(58)47(10)37(5,6)33(59)49(39)12/h23-24H,13-22H2,1-12H3,(H,40,51)(H,41,53)(H,42,52)(H,43,55)(H,44,54)(H,45,57)(H,46,56)/t23-,24?,39?/m0/s1. The maximum Gasteiger partial charge on any atom is 0.249 e. The van der Waals surface area contributed by atoms with E-state index in [1.54, 1.807) is 27.7 Å². The van der Waals surface area contributed by atoms with Crippen LogP contribution in [0.25, 0.3) is 0 Å². The Hall–Kier alpha value is -5.83. The topological polar surface area (TPSA) is 285 Å². The number of rotatable bonds is 2. The highest BCUT2D eigenvalue weighted by Gasteiger charge is 2.54. The lowest BCUT2D eigenvalue weighted by Gasteiger charge is -2.51. The lowest BCUT2D eigenvalue weighted by molar-refractivity contribution is -0.170. The molecule has 2 saturated heterocycles. The summed E-state index contributed by atoms with van der Waals surface area (Å²) in [5.41, 5.74) is -5.87. The van der Waals surface area contributed by atoms with Crippen molar-refractivity contribution in [2.24, 2.45) is 11.3 Å². The molecule has 2 aliphatic rings. The molecule has 2 unspecified atom stereocenters. The molecule has 342 valence electrons. The summed E-state index contributed by atoms with van der Waals surface area (Å²) in [4.78, 5) is 149. The maximum absolute atomic E-state index is 14.7. The summed E-state index contributed by atoms with van der Waals surface area (Å²) in [7, 11) is 4.34. The van der Waals surface area contributed by atoms with Crippen molar-refractivity contribution in [2.45, 2.75) is 97.8 Å². The van der Waals surface area contributed by atoms with Crippen LogP contribution in [0.3, 0.4) is 0 Å². The van der Waals surface area contributed by atoms with Gasteiger partial charge in [0.15, 0.2) is 0 Å². The van der Waals surface area contributed by atoms with Crippen molar-refractivity contribution in [3.05, 3.63) is 0 Å². The maximum atomic E-state index is 14.7. The van der Waals surface area contributed by atoms with E-state index in [1.807, 2.05) is 6.92 Å². The number of carbonyl (C=O) groups is 11. The van der Waals surface area contributed by atoms with Crippen LogP contribution in [0.4, 0.5) is 0 Å². The lowest BCUT2D eigenvalue weighted by Crippen LogP contribution is -2.71. The third-order valence-electron chi connectivity index (χ3n) is 11.9. The quantitative estimate of drug-likeness (QED) is 0.141. The Morgan fingerprint density at radius 3 is 1.25 bits per heavy atom. The molecule has 2 heterocycles. The van der Waals surface area contributed by atoms with Crippen LogP contribution in [-0.4, -0.2) is 181 Å². The average Bonchev–Trinajstić information content (AvgIpc) is 3.20. The Balaban J connectivity index is 2.41. The molecular formula is C39H65N11O11. The van der Waals surface area contributed by atoms with Crippen molar-refractivity contribution in [1.82, 2.24) is 56.8 Å². The molecule has 0 radical (unpaired) electrons. The van der Waals surface area contributed by atoms with Gasteiger partial charge >= 0.3 is 0 Å². The van der Waals surface area contributed by atoms with Crippen LogP contribution in [0.2, 0.25) is 0 Å². The molecular weight excluding hydrogens is 798 g/mol. The van der Waals surface area contributed by atoms with Crippen LogP contribution < -0.4 is 37.2 Å².